The number of hydrogen-bond acceptors (Lipinski definition) is 5. The summed E-state index contributed by atoms with van der Waals surface area (Å²) in [6.45, 7) is 3.97. The predicted molar refractivity (Wildman–Crippen MR) is 122 cm³/mol. The number of ether oxygens (including phenoxy) is 1. The first kappa shape index (κ1) is 22.3. The summed E-state index contributed by atoms with van der Waals surface area (Å²) in [5.41, 5.74) is 4.05. The minimum atomic E-state index is -3.64. The summed E-state index contributed by atoms with van der Waals surface area (Å²) in [5.74, 6) is 0.358. The van der Waals surface area contributed by atoms with Crippen molar-refractivity contribution in [3.05, 3.63) is 83.0 Å². The van der Waals surface area contributed by atoms with Gasteiger partial charge < -0.3 is 10.1 Å². The highest BCUT2D eigenvalue weighted by Gasteiger charge is 2.14. The molecule has 162 valence electrons. The van der Waals surface area contributed by atoms with Gasteiger partial charge in [0.2, 0.25) is 10.0 Å². The van der Waals surface area contributed by atoms with E-state index in [0.717, 1.165) is 16.7 Å². The Hall–Kier alpha value is -3.39. The van der Waals surface area contributed by atoms with Crippen molar-refractivity contribution in [2.75, 3.05) is 22.9 Å². The molecule has 3 rings (SSSR count). The van der Waals surface area contributed by atoms with Crippen LogP contribution in [0.15, 0.2) is 60.8 Å². The van der Waals surface area contributed by atoms with Gasteiger partial charge in [0.15, 0.2) is 0 Å². The lowest BCUT2D eigenvalue weighted by molar-refractivity contribution is 0.102. The van der Waals surface area contributed by atoms with Crippen LogP contribution in [0.4, 0.5) is 11.5 Å². The Balaban J connectivity index is 1.64. The Morgan fingerprint density at radius 1 is 1.00 bits per heavy atom. The standard InChI is InChI=1S/C23H25N3O4S/c1-16-4-7-20(14-17(16)2)25-23(27)19-10-12-24-22(15-19)26-31(28,29)13-11-18-5-8-21(30-3)9-6-18/h4-10,12,14-15H,11,13H2,1-3H3,(H,24,26)(H,25,27). The molecule has 1 heterocycles. The third kappa shape index (κ3) is 6.29. The molecule has 0 saturated heterocycles. The Labute approximate surface area is 182 Å². The molecule has 0 aliphatic rings. The molecule has 0 spiro atoms. The zero-order valence-corrected chi connectivity index (χ0v) is 18.5. The molecule has 0 saturated carbocycles. The molecule has 31 heavy (non-hydrogen) atoms. The van der Waals surface area contributed by atoms with Crippen LogP contribution in [0.5, 0.6) is 5.75 Å². The second-order valence-corrected chi connectivity index (χ2v) is 9.04. The summed E-state index contributed by atoms with van der Waals surface area (Å²) in [6.07, 6.45) is 1.74. The van der Waals surface area contributed by atoms with Crippen molar-refractivity contribution >= 4 is 27.4 Å². The Bertz CT molecular complexity index is 1180. The first-order valence-electron chi connectivity index (χ1n) is 9.74. The van der Waals surface area contributed by atoms with Crippen LogP contribution >= 0.6 is 0 Å². The van der Waals surface area contributed by atoms with Gasteiger partial charge in [0.05, 0.1) is 12.9 Å². The maximum atomic E-state index is 12.6. The van der Waals surface area contributed by atoms with Crippen molar-refractivity contribution in [1.82, 2.24) is 4.98 Å². The minimum Gasteiger partial charge on any atom is -0.497 e. The smallest absolute Gasteiger partial charge is 0.255 e. The number of nitrogens with zero attached hydrogens (tertiary/aromatic N) is 1. The van der Waals surface area contributed by atoms with E-state index in [2.05, 4.69) is 15.0 Å². The van der Waals surface area contributed by atoms with E-state index in [4.69, 9.17) is 4.74 Å². The molecule has 3 aromatic rings. The van der Waals surface area contributed by atoms with Crippen LogP contribution in [0, 0.1) is 13.8 Å². The summed E-state index contributed by atoms with van der Waals surface area (Å²) in [6, 6.07) is 15.8. The summed E-state index contributed by atoms with van der Waals surface area (Å²) in [7, 11) is -2.06. The SMILES string of the molecule is COc1ccc(CCS(=O)(=O)Nc2cc(C(=O)Nc3ccc(C)c(C)c3)ccn2)cc1. The Kier molecular flexibility index (Phi) is 6.91. The first-order valence-corrected chi connectivity index (χ1v) is 11.4. The fraction of sp³-hybridized carbons (Fsp3) is 0.217. The quantitative estimate of drug-likeness (QED) is 0.554. The maximum absolute atomic E-state index is 12.6. The number of sulfonamides is 1. The monoisotopic (exact) mass is 439 g/mol. The van der Waals surface area contributed by atoms with Crippen molar-refractivity contribution < 1.29 is 17.9 Å². The second kappa shape index (κ2) is 9.61. The van der Waals surface area contributed by atoms with E-state index in [9.17, 15) is 13.2 Å². The molecule has 0 aliphatic carbocycles. The molecule has 1 aromatic heterocycles. The van der Waals surface area contributed by atoms with Gasteiger partial charge in [-0.2, -0.15) is 0 Å². The average Bonchev–Trinajstić information content (AvgIpc) is 2.75. The predicted octanol–water partition coefficient (Wildman–Crippen LogP) is 3.94. The molecular weight excluding hydrogens is 414 g/mol. The number of hydrogen-bond donors (Lipinski definition) is 2. The normalized spacial score (nSPS) is 11.1. The number of benzene rings is 2. The first-order chi connectivity index (χ1) is 14.8. The molecule has 1 amide bonds. The summed E-state index contributed by atoms with van der Waals surface area (Å²) >= 11 is 0. The number of pyridine rings is 1. The molecule has 0 bridgehead atoms. The van der Waals surface area contributed by atoms with Crippen molar-refractivity contribution in [2.45, 2.75) is 20.3 Å². The van der Waals surface area contributed by atoms with E-state index < -0.39 is 10.0 Å². The van der Waals surface area contributed by atoms with Crippen LogP contribution in [-0.4, -0.2) is 32.2 Å². The van der Waals surface area contributed by atoms with Crippen molar-refractivity contribution in [3.8, 4) is 5.75 Å². The van der Waals surface area contributed by atoms with Crippen LogP contribution in [-0.2, 0) is 16.4 Å². The van der Waals surface area contributed by atoms with Gasteiger partial charge in [0.25, 0.3) is 5.91 Å². The summed E-state index contributed by atoms with van der Waals surface area (Å²) in [4.78, 5) is 16.6. The summed E-state index contributed by atoms with van der Waals surface area (Å²) in [5, 5.41) is 2.82. The van der Waals surface area contributed by atoms with Gasteiger partial charge in [-0.25, -0.2) is 13.4 Å². The van der Waals surface area contributed by atoms with E-state index >= 15 is 0 Å². The zero-order chi connectivity index (χ0) is 22.4. The maximum Gasteiger partial charge on any atom is 0.255 e. The molecule has 8 heteroatoms. The van der Waals surface area contributed by atoms with Gasteiger partial charge in [-0.15, -0.1) is 0 Å². The third-order valence-corrected chi connectivity index (χ3v) is 6.13. The number of anilines is 2. The topological polar surface area (TPSA) is 97.4 Å². The van der Waals surface area contributed by atoms with Gasteiger partial charge in [-0.1, -0.05) is 18.2 Å². The highest BCUT2D eigenvalue weighted by atomic mass is 32.2. The van der Waals surface area contributed by atoms with Gasteiger partial charge in [0, 0.05) is 17.4 Å². The lowest BCUT2D eigenvalue weighted by atomic mass is 10.1. The molecule has 0 unspecified atom stereocenters. The number of amides is 1. The highest BCUT2D eigenvalue weighted by molar-refractivity contribution is 7.92. The number of methoxy groups -OCH3 is 1. The van der Waals surface area contributed by atoms with E-state index in [1.165, 1.54) is 18.3 Å². The fourth-order valence-electron chi connectivity index (χ4n) is 2.90. The lowest BCUT2D eigenvalue weighted by Gasteiger charge is -2.10. The van der Waals surface area contributed by atoms with Crippen molar-refractivity contribution in [1.29, 1.82) is 0 Å². The number of carbonyl (C=O) groups is 1. The van der Waals surface area contributed by atoms with Gasteiger partial charge in [-0.05, 0) is 73.4 Å². The summed E-state index contributed by atoms with van der Waals surface area (Å²) < 4.78 is 32.5. The van der Waals surface area contributed by atoms with Gasteiger partial charge in [0.1, 0.15) is 11.6 Å². The minimum absolute atomic E-state index is 0.0995. The van der Waals surface area contributed by atoms with E-state index in [1.807, 2.05) is 44.2 Å². The number of nitrogens with one attached hydrogen (secondary N) is 2. The molecular formula is C23H25N3O4S. The molecule has 0 radical (unpaired) electrons. The van der Waals surface area contributed by atoms with Crippen LogP contribution in [0.3, 0.4) is 0 Å². The zero-order valence-electron chi connectivity index (χ0n) is 17.7. The number of carbonyl (C=O) groups excluding carboxylic acids is 1. The van der Waals surface area contributed by atoms with Crippen LogP contribution in [0.1, 0.15) is 27.0 Å². The van der Waals surface area contributed by atoms with Crippen LogP contribution in [0.2, 0.25) is 0 Å². The number of aromatic nitrogens is 1. The van der Waals surface area contributed by atoms with E-state index in [1.54, 1.807) is 19.2 Å². The number of aryl methyl sites for hydroxylation is 3. The van der Waals surface area contributed by atoms with E-state index in [0.29, 0.717) is 23.4 Å². The molecule has 0 atom stereocenters. The van der Waals surface area contributed by atoms with Crippen molar-refractivity contribution in [3.63, 3.8) is 0 Å². The second-order valence-electron chi connectivity index (χ2n) is 7.20. The van der Waals surface area contributed by atoms with Gasteiger partial charge >= 0.3 is 0 Å². The van der Waals surface area contributed by atoms with Crippen LogP contribution in [0.25, 0.3) is 0 Å². The molecule has 2 aromatic carbocycles. The molecule has 0 aliphatic heterocycles. The fourth-order valence-corrected chi connectivity index (χ4v) is 3.94. The van der Waals surface area contributed by atoms with E-state index in [-0.39, 0.29) is 17.5 Å². The van der Waals surface area contributed by atoms with Gasteiger partial charge in [-0.3, -0.25) is 9.52 Å². The molecule has 0 fully saturated rings. The average molecular weight is 440 g/mol. The highest BCUT2D eigenvalue weighted by Crippen LogP contribution is 2.17. The third-order valence-electron chi connectivity index (χ3n) is 4.87. The van der Waals surface area contributed by atoms with Crippen LogP contribution < -0.4 is 14.8 Å². The molecule has 7 nitrogen and oxygen atoms in total. The Morgan fingerprint density at radius 2 is 1.74 bits per heavy atom. The Morgan fingerprint density at radius 3 is 2.42 bits per heavy atom. The van der Waals surface area contributed by atoms with Crippen molar-refractivity contribution in [2.24, 2.45) is 0 Å². The molecule has 2 N–H and O–H groups in total. The largest absolute Gasteiger partial charge is 0.497 e. The lowest BCUT2D eigenvalue weighted by Crippen LogP contribution is -2.19. The number of rotatable bonds is 8.